The highest BCUT2D eigenvalue weighted by Crippen LogP contribution is 2.44. The zero-order chi connectivity index (χ0) is 16.0. The van der Waals surface area contributed by atoms with E-state index in [0.717, 1.165) is 30.9 Å². The maximum atomic E-state index is 5.53. The molecule has 2 aromatic rings. The van der Waals surface area contributed by atoms with Gasteiger partial charge in [0.2, 0.25) is 0 Å². The second-order valence-electron chi connectivity index (χ2n) is 6.62. The van der Waals surface area contributed by atoms with Gasteiger partial charge < -0.3 is 9.47 Å². The van der Waals surface area contributed by atoms with Gasteiger partial charge in [-0.1, -0.05) is 24.3 Å². The molecule has 0 amide bonds. The molecule has 2 unspecified atom stereocenters. The maximum Gasteiger partial charge on any atom is 0.161 e. The Balaban J connectivity index is 1.81. The lowest BCUT2D eigenvalue weighted by Crippen LogP contribution is -2.44. The minimum absolute atomic E-state index is 0.434. The summed E-state index contributed by atoms with van der Waals surface area (Å²) in [7, 11) is 3.42. The first-order chi connectivity index (χ1) is 11.2. The topological polar surface area (TPSA) is 21.7 Å². The molecule has 0 fully saturated rings. The normalized spacial score (nSPS) is 22.7. The van der Waals surface area contributed by atoms with Gasteiger partial charge in [0.05, 0.1) is 14.2 Å². The summed E-state index contributed by atoms with van der Waals surface area (Å²) in [4.78, 5) is 2.64. The van der Waals surface area contributed by atoms with E-state index >= 15 is 0 Å². The number of hydrogen-bond donors (Lipinski definition) is 0. The van der Waals surface area contributed by atoms with Gasteiger partial charge in [0.15, 0.2) is 11.5 Å². The predicted molar refractivity (Wildman–Crippen MR) is 91.1 cm³/mol. The molecule has 3 nitrogen and oxygen atoms in total. The number of hydrogen-bond acceptors (Lipinski definition) is 3. The molecule has 2 aliphatic heterocycles. The molecule has 2 aliphatic rings. The summed E-state index contributed by atoms with van der Waals surface area (Å²) < 4.78 is 11.0. The molecule has 120 valence electrons. The summed E-state index contributed by atoms with van der Waals surface area (Å²) in [6.07, 6.45) is 2.14. The van der Waals surface area contributed by atoms with E-state index in [1.54, 1.807) is 14.2 Å². The molecule has 3 heteroatoms. The minimum atomic E-state index is 0.434. The number of methoxy groups -OCH3 is 2. The van der Waals surface area contributed by atoms with Crippen molar-refractivity contribution in [2.24, 2.45) is 0 Å². The number of nitrogens with zero attached hydrogens (tertiary/aromatic N) is 1. The summed E-state index contributed by atoms with van der Waals surface area (Å²) in [6.45, 7) is 3.37. The maximum absolute atomic E-state index is 5.53. The van der Waals surface area contributed by atoms with Crippen LogP contribution in [0.5, 0.6) is 11.5 Å². The van der Waals surface area contributed by atoms with Crippen LogP contribution in [0.1, 0.15) is 35.2 Å². The zero-order valence-corrected chi connectivity index (χ0v) is 14.0. The SMILES string of the molecule is COc1cc2c(cc1OC)C1Cc3ccccc3CN1C(C)C2. The fourth-order valence-corrected chi connectivity index (χ4v) is 4.15. The minimum Gasteiger partial charge on any atom is -0.493 e. The molecule has 2 aromatic carbocycles. The predicted octanol–water partition coefficient (Wildman–Crippen LogP) is 3.75. The molecular weight excluding hydrogens is 286 g/mol. The van der Waals surface area contributed by atoms with Crippen LogP contribution in [-0.4, -0.2) is 25.2 Å². The lowest BCUT2D eigenvalue weighted by atomic mass is 9.81. The van der Waals surface area contributed by atoms with Crippen molar-refractivity contribution in [2.45, 2.75) is 38.4 Å². The Hall–Kier alpha value is -2.00. The van der Waals surface area contributed by atoms with Gasteiger partial charge >= 0.3 is 0 Å². The second-order valence-corrected chi connectivity index (χ2v) is 6.62. The Morgan fingerprint density at radius 2 is 1.61 bits per heavy atom. The van der Waals surface area contributed by atoms with E-state index in [1.165, 1.54) is 22.3 Å². The van der Waals surface area contributed by atoms with Crippen LogP contribution in [0.15, 0.2) is 36.4 Å². The Kier molecular flexibility index (Phi) is 3.53. The van der Waals surface area contributed by atoms with Gasteiger partial charge in [0.1, 0.15) is 0 Å². The molecule has 0 saturated heterocycles. The van der Waals surface area contributed by atoms with Crippen molar-refractivity contribution in [1.82, 2.24) is 4.90 Å². The van der Waals surface area contributed by atoms with E-state index in [0.29, 0.717) is 12.1 Å². The first-order valence-electron chi connectivity index (χ1n) is 8.28. The van der Waals surface area contributed by atoms with E-state index in [4.69, 9.17) is 9.47 Å². The lowest BCUT2D eigenvalue weighted by Gasteiger charge is -2.45. The average molecular weight is 309 g/mol. The summed E-state index contributed by atoms with van der Waals surface area (Å²) >= 11 is 0. The molecule has 0 saturated carbocycles. The van der Waals surface area contributed by atoms with Crippen molar-refractivity contribution in [3.63, 3.8) is 0 Å². The third-order valence-electron chi connectivity index (χ3n) is 5.37. The van der Waals surface area contributed by atoms with Gasteiger partial charge in [-0.25, -0.2) is 0 Å². The van der Waals surface area contributed by atoms with Crippen molar-refractivity contribution >= 4 is 0 Å². The zero-order valence-electron chi connectivity index (χ0n) is 14.0. The number of ether oxygens (including phenoxy) is 2. The molecule has 4 rings (SSSR count). The van der Waals surface area contributed by atoms with Crippen LogP contribution in [0.25, 0.3) is 0 Å². The Labute approximate surface area is 137 Å². The fraction of sp³-hybridized carbons (Fsp3) is 0.400. The Morgan fingerprint density at radius 3 is 2.35 bits per heavy atom. The van der Waals surface area contributed by atoms with Crippen LogP contribution in [0, 0.1) is 0 Å². The molecule has 0 bridgehead atoms. The largest absolute Gasteiger partial charge is 0.493 e. The van der Waals surface area contributed by atoms with Gasteiger partial charge in [-0.15, -0.1) is 0 Å². The van der Waals surface area contributed by atoms with Crippen molar-refractivity contribution in [2.75, 3.05) is 14.2 Å². The van der Waals surface area contributed by atoms with Gasteiger partial charge in [-0.3, -0.25) is 4.90 Å². The van der Waals surface area contributed by atoms with Crippen molar-refractivity contribution < 1.29 is 9.47 Å². The molecule has 2 heterocycles. The fourth-order valence-electron chi connectivity index (χ4n) is 4.15. The highest BCUT2D eigenvalue weighted by Gasteiger charge is 2.36. The number of rotatable bonds is 2. The average Bonchev–Trinajstić information content (AvgIpc) is 2.59. The lowest BCUT2D eigenvalue weighted by molar-refractivity contribution is 0.106. The monoisotopic (exact) mass is 309 g/mol. The van der Waals surface area contributed by atoms with E-state index in [9.17, 15) is 0 Å². The smallest absolute Gasteiger partial charge is 0.161 e. The van der Waals surface area contributed by atoms with Crippen LogP contribution in [0.3, 0.4) is 0 Å². The molecular formula is C20H23NO2. The summed E-state index contributed by atoms with van der Waals surface area (Å²) in [5, 5.41) is 0. The molecule has 0 aliphatic carbocycles. The Morgan fingerprint density at radius 1 is 0.913 bits per heavy atom. The highest BCUT2D eigenvalue weighted by molar-refractivity contribution is 5.50. The van der Waals surface area contributed by atoms with Crippen LogP contribution >= 0.6 is 0 Å². The van der Waals surface area contributed by atoms with E-state index in [-0.39, 0.29) is 0 Å². The van der Waals surface area contributed by atoms with Crippen LogP contribution in [0.2, 0.25) is 0 Å². The second kappa shape index (κ2) is 5.57. The van der Waals surface area contributed by atoms with Crippen molar-refractivity contribution in [3.8, 4) is 11.5 Å². The van der Waals surface area contributed by atoms with Gasteiger partial charge in [-0.05, 0) is 54.2 Å². The molecule has 2 atom stereocenters. The molecule has 0 radical (unpaired) electrons. The highest BCUT2D eigenvalue weighted by atomic mass is 16.5. The third-order valence-corrected chi connectivity index (χ3v) is 5.37. The summed E-state index contributed by atoms with van der Waals surface area (Å²) in [5.41, 5.74) is 5.74. The first-order valence-corrected chi connectivity index (χ1v) is 8.28. The standard InChI is InChI=1S/C20H23NO2/c1-13-8-16-10-19(22-2)20(23-3)11-17(16)18-9-14-6-4-5-7-15(14)12-21(13)18/h4-7,10-11,13,18H,8-9,12H2,1-3H3. The number of fused-ring (bicyclic) bond motifs is 4. The third kappa shape index (κ3) is 2.31. The van der Waals surface area contributed by atoms with Crippen molar-refractivity contribution in [1.29, 1.82) is 0 Å². The molecule has 0 N–H and O–H groups in total. The van der Waals surface area contributed by atoms with Gasteiger partial charge in [0, 0.05) is 18.6 Å². The van der Waals surface area contributed by atoms with Gasteiger partial charge in [-0.2, -0.15) is 0 Å². The Bertz CT molecular complexity index is 740. The van der Waals surface area contributed by atoms with E-state index < -0.39 is 0 Å². The van der Waals surface area contributed by atoms with E-state index in [1.807, 2.05) is 0 Å². The van der Waals surface area contributed by atoms with E-state index in [2.05, 4.69) is 48.2 Å². The van der Waals surface area contributed by atoms with Crippen LogP contribution < -0.4 is 9.47 Å². The molecule has 0 aromatic heterocycles. The first kappa shape index (κ1) is 14.6. The summed E-state index contributed by atoms with van der Waals surface area (Å²) in [5.74, 6) is 1.67. The van der Waals surface area contributed by atoms with Gasteiger partial charge in [0.25, 0.3) is 0 Å². The number of benzene rings is 2. The van der Waals surface area contributed by atoms with Crippen LogP contribution in [-0.2, 0) is 19.4 Å². The van der Waals surface area contributed by atoms with Crippen molar-refractivity contribution in [3.05, 3.63) is 58.7 Å². The summed E-state index contributed by atoms with van der Waals surface area (Å²) in [6, 6.07) is 14.2. The molecule has 0 spiro atoms. The molecule has 23 heavy (non-hydrogen) atoms. The van der Waals surface area contributed by atoms with Crippen LogP contribution in [0.4, 0.5) is 0 Å². The quantitative estimate of drug-likeness (QED) is 0.843.